The molecule has 1 fully saturated rings. The zero-order valence-corrected chi connectivity index (χ0v) is 14.2. The van der Waals surface area contributed by atoms with Crippen LogP contribution >= 0.6 is 22.3 Å². The van der Waals surface area contributed by atoms with Crippen molar-refractivity contribution >= 4 is 37.2 Å². The lowest BCUT2D eigenvalue weighted by Gasteiger charge is -2.25. The van der Waals surface area contributed by atoms with E-state index < -0.39 is 9.05 Å². The molecule has 0 atom stereocenters. The molecule has 0 aliphatic heterocycles. The molecule has 0 aromatic heterocycles. The van der Waals surface area contributed by atoms with Crippen LogP contribution in [0, 0.1) is 5.92 Å². The number of rotatable bonds is 5. The topological polar surface area (TPSA) is 54.5 Å². The van der Waals surface area contributed by atoms with Gasteiger partial charge in [-0.25, -0.2) is 8.42 Å². The summed E-state index contributed by atoms with van der Waals surface area (Å²) in [5, 5.41) is 0.235. The van der Waals surface area contributed by atoms with Crippen LogP contribution in [0.4, 0.5) is 0 Å². The molecule has 1 aromatic carbocycles. The normalized spacial score (nSPS) is 15.3. The molecule has 0 radical (unpaired) electrons. The zero-order chi connectivity index (χ0) is 15.8. The molecule has 0 bridgehead atoms. The number of hydrogen-bond acceptors (Lipinski definition) is 3. The van der Waals surface area contributed by atoms with Gasteiger partial charge in [-0.2, -0.15) is 0 Å². The van der Waals surface area contributed by atoms with Crippen LogP contribution in [-0.4, -0.2) is 31.8 Å². The number of nitrogens with zero attached hydrogens (tertiary/aromatic N) is 1. The molecule has 21 heavy (non-hydrogen) atoms. The van der Waals surface area contributed by atoms with Crippen molar-refractivity contribution in [2.75, 3.05) is 6.54 Å². The van der Waals surface area contributed by atoms with E-state index in [-0.39, 0.29) is 27.4 Å². The Balaban J connectivity index is 2.37. The first-order valence-electron chi connectivity index (χ1n) is 6.75. The Hall–Kier alpha value is -0.780. The van der Waals surface area contributed by atoms with Crippen LogP contribution in [0.5, 0.6) is 0 Å². The van der Waals surface area contributed by atoms with Crippen LogP contribution in [0.3, 0.4) is 0 Å². The molecule has 1 aliphatic carbocycles. The van der Waals surface area contributed by atoms with Crippen LogP contribution in [0.15, 0.2) is 23.1 Å². The van der Waals surface area contributed by atoms with E-state index in [0.717, 1.165) is 12.8 Å². The molecule has 1 saturated carbocycles. The minimum absolute atomic E-state index is 0.114. The molecular formula is C14H17Cl2NO3S. The molecule has 0 spiro atoms. The summed E-state index contributed by atoms with van der Waals surface area (Å²) in [6, 6.07) is 4.17. The Labute approximate surface area is 134 Å². The summed E-state index contributed by atoms with van der Waals surface area (Å²) < 4.78 is 22.8. The van der Waals surface area contributed by atoms with Crippen molar-refractivity contribution in [2.24, 2.45) is 5.92 Å². The van der Waals surface area contributed by atoms with Crippen LogP contribution < -0.4 is 0 Å². The summed E-state index contributed by atoms with van der Waals surface area (Å²) in [4.78, 5) is 14.3. The van der Waals surface area contributed by atoms with Crippen LogP contribution in [0.1, 0.15) is 37.0 Å². The standard InChI is InChI=1S/C14H17Cl2NO3S/c1-9(2)8-17(10-3-4-10)14(18)12-7-11(21(16,19)20)5-6-13(12)15/h5-7,9-10H,3-4,8H2,1-2H3. The molecule has 0 N–H and O–H groups in total. The van der Waals surface area contributed by atoms with Gasteiger partial charge in [-0.1, -0.05) is 25.4 Å². The molecule has 4 nitrogen and oxygen atoms in total. The molecular weight excluding hydrogens is 333 g/mol. The van der Waals surface area contributed by atoms with E-state index in [1.807, 2.05) is 13.8 Å². The van der Waals surface area contributed by atoms with Crippen molar-refractivity contribution < 1.29 is 13.2 Å². The fraction of sp³-hybridized carbons (Fsp3) is 0.500. The van der Waals surface area contributed by atoms with Crippen molar-refractivity contribution in [3.8, 4) is 0 Å². The Kier molecular flexibility index (Phi) is 4.85. The van der Waals surface area contributed by atoms with Gasteiger partial charge in [0.15, 0.2) is 0 Å². The van der Waals surface area contributed by atoms with Crippen molar-refractivity contribution in [3.63, 3.8) is 0 Å². The summed E-state index contributed by atoms with van der Waals surface area (Å²) in [6.45, 7) is 4.69. The van der Waals surface area contributed by atoms with Crippen molar-refractivity contribution in [1.29, 1.82) is 0 Å². The average Bonchev–Trinajstić information content (AvgIpc) is 3.18. The van der Waals surface area contributed by atoms with E-state index >= 15 is 0 Å². The lowest BCUT2D eigenvalue weighted by atomic mass is 10.1. The maximum Gasteiger partial charge on any atom is 0.261 e. The van der Waals surface area contributed by atoms with E-state index in [9.17, 15) is 13.2 Å². The zero-order valence-electron chi connectivity index (χ0n) is 11.8. The van der Waals surface area contributed by atoms with Crippen LogP contribution in [0.25, 0.3) is 0 Å². The van der Waals surface area contributed by atoms with Gasteiger partial charge in [-0.05, 0) is 37.0 Å². The molecule has 0 unspecified atom stereocenters. The minimum atomic E-state index is -3.89. The summed E-state index contributed by atoms with van der Waals surface area (Å²) in [5.74, 6) is 0.0895. The Bertz CT molecular complexity index is 654. The Morgan fingerprint density at radius 3 is 2.48 bits per heavy atom. The number of carbonyl (C=O) groups excluding carboxylic acids is 1. The van der Waals surface area contributed by atoms with E-state index in [4.69, 9.17) is 22.3 Å². The molecule has 1 amide bonds. The summed E-state index contributed by atoms with van der Waals surface area (Å²) in [6.07, 6.45) is 1.95. The van der Waals surface area contributed by atoms with Crippen LogP contribution in [0.2, 0.25) is 5.02 Å². The lowest BCUT2D eigenvalue weighted by molar-refractivity contribution is 0.0722. The van der Waals surface area contributed by atoms with Crippen molar-refractivity contribution in [3.05, 3.63) is 28.8 Å². The van der Waals surface area contributed by atoms with Gasteiger partial charge < -0.3 is 4.90 Å². The molecule has 0 heterocycles. The highest BCUT2D eigenvalue weighted by molar-refractivity contribution is 8.13. The molecule has 1 aromatic rings. The molecule has 0 saturated heterocycles. The third kappa shape index (κ3) is 4.11. The predicted octanol–water partition coefficient (Wildman–Crippen LogP) is 3.53. The maximum absolute atomic E-state index is 12.7. The highest BCUT2D eigenvalue weighted by Crippen LogP contribution is 2.31. The SMILES string of the molecule is CC(C)CN(C(=O)c1cc(S(=O)(=O)Cl)ccc1Cl)C1CC1. The lowest BCUT2D eigenvalue weighted by Crippen LogP contribution is -2.36. The van der Waals surface area contributed by atoms with Gasteiger partial charge in [-0.3, -0.25) is 4.79 Å². The van der Waals surface area contributed by atoms with E-state index in [1.54, 1.807) is 4.90 Å². The number of carbonyl (C=O) groups is 1. The minimum Gasteiger partial charge on any atom is -0.335 e. The summed E-state index contributed by atoms with van der Waals surface area (Å²) in [5.41, 5.74) is 0.186. The van der Waals surface area contributed by atoms with E-state index in [2.05, 4.69) is 0 Å². The Morgan fingerprint density at radius 2 is 2.00 bits per heavy atom. The van der Waals surface area contributed by atoms with Crippen molar-refractivity contribution in [2.45, 2.75) is 37.6 Å². The smallest absolute Gasteiger partial charge is 0.261 e. The first-order chi connectivity index (χ1) is 9.70. The van der Waals surface area contributed by atoms with E-state index in [0.29, 0.717) is 12.5 Å². The van der Waals surface area contributed by atoms with Gasteiger partial charge in [0.25, 0.3) is 15.0 Å². The maximum atomic E-state index is 12.7. The molecule has 2 rings (SSSR count). The first kappa shape index (κ1) is 16.6. The monoisotopic (exact) mass is 349 g/mol. The number of benzene rings is 1. The third-order valence-electron chi connectivity index (χ3n) is 3.26. The van der Waals surface area contributed by atoms with Gasteiger partial charge in [0.2, 0.25) is 0 Å². The predicted molar refractivity (Wildman–Crippen MR) is 83.4 cm³/mol. The van der Waals surface area contributed by atoms with Crippen LogP contribution in [-0.2, 0) is 9.05 Å². The van der Waals surface area contributed by atoms with Gasteiger partial charge in [0, 0.05) is 23.3 Å². The molecule has 1 aliphatic rings. The quantitative estimate of drug-likeness (QED) is 0.764. The van der Waals surface area contributed by atoms with Gasteiger partial charge in [0.05, 0.1) is 15.5 Å². The largest absolute Gasteiger partial charge is 0.335 e. The second kappa shape index (κ2) is 6.15. The first-order valence-corrected chi connectivity index (χ1v) is 9.44. The summed E-state index contributed by atoms with van der Waals surface area (Å²) in [7, 11) is 1.44. The van der Waals surface area contributed by atoms with Gasteiger partial charge >= 0.3 is 0 Å². The fourth-order valence-electron chi connectivity index (χ4n) is 2.15. The number of amides is 1. The highest BCUT2D eigenvalue weighted by Gasteiger charge is 2.34. The Morgan fingerprint density at radius 1 is 1.38 bits per heavy atom. The third-order valence-corrected chi connectivity index (χ3v) is 4.94. The second-order valence-corrected chi connectivity index (χ2v) is 8.64. The second-order valence-electron chi connectivity index (χ2n) is 5.66. The van der Waals surface area contributed by atoms with E-state index in [1.165, 1.54) is 18.2 Å². The summed E-state index contributed by atoms with van der Waals surface area (Å²) >= 11 is 6.06. The van der Waals surface area contributed by atoms with Gasteiger partial charge in [0.1, 0.15) is 0 Å². The fourth-order valence-corrected chi connectivity index (χ4v) is 3.13. The highest BCUT2D eigenvalue weighted by atomic mass is 35.7. The number of halogens is 2. The average molecular weight is 350 g/mol. The van der Waals surface area contributed by atoms with Crippen molar-refractivity contribution in [1.82, 2.24) is 4.90 Å². The number of hydrogen-bond donors (Lipinski definition) is 0. The molecule has 7 heteroatoms. The molecule has 116 valence electrons. The van der Waals surface area contributed by atoms with Gasteiger partial charge in [-0.15, -0.1) is 0 Å².